The molecule has 0 aliphatic heterocycles. The zero-order chi connectivity index (χ0) is 53.1. The third-order valence-corrected chi connectivity index (χ3v) is 18.6. The fourth-order valence-electron chi connectivity index (χ4n) is 13.8. The van der Waals surface area contributed by atoms with Crippen LogP contribution >= 0.6 is 11.3 Å². The molecule has 17 aromatic rings. The van der Waals surface area contributed by atoms with Gasteiger partial charge in [0.15, 0.2) is 0 Å². The van der Waals surface area contributed by atoms with E-state index in [0.717, 1.165) is 0 Å². The second kappa shape index (κ2) is 18.2. The molecule has 0 spiro atoms. The first-order valence-electron chi connectivity index (χ1n) is 28.1. The molecule has 0 nitrogen and oxygen atoms in total. The second-order valence-electron chi connectivity index (χ2n) is 21.7. The van der Waals surface area contributed by atoms with E-state index in [4.69, 9.17) is 0 Å². The minimum absolute atomic E-state index is 1.20. The summed E-state index contributed by atoms with van der Waals surface area (Å²) >= 11 is 1.88. The van der Waals surface area contributed by atoms with Gasteiger partial charge in [0, 0.05) is 20.2 Å². The lowest BCUT2D eigenvalue weighted by molar-refractivity contribution is 1.66. The Labute approximate surface area is 472 Å². The SMILES string of the molecule is c1ccc2c(-c3c4ccccc4c(-c4cccc5ccccc45)c4cc(-c5ccc6sc7ccc(-c8ccc9c(-c%10cccc%11ccccc%10%11)c%10ccccc%10c(-c%10cccc%11ccccc%10%11)c9c8)cc7c6c5)ccc34)cccc2c1. The Balaban J connectivity index is 0.876. The van der Waals surface area contributed by atoms with Crippen LogP contribution in [0.4, 0.5) is 0 Å². The molecule has 0 atom stereocenters. The van der Waals surface area contributed by atoms with Crippen LogP contribution in [0.1, 0.15) is 0 Å². The van der Waals surface area contributed by atoms with Crippen molar-refractivity contribution in [2.24, 2.45) is 0 Å². The third kappa shape index (κ3) is 7.16. The molecule has 1 heteroatoms. The summed E-state index contributed by atoms with van der Waals surface area (Å²) in [7, 11) is 0. The molecule has 1 heterocycles. The van der Waals surface area contributed by atoms with Crippen molar-refractivity contribution in [3.05, 3.63) is 291 Å². The molecule has 0 aliphatic rings. The molecule has 81 heavy (non-hydrogen) atoms. The van der Waals surface area contributed by atoms with Gasteiger partial charge in [-0.05, 0) is 189 Å². The van der Waals surface area contributed by atoms with Crippen LogP contribution in [0.5, 0.6) is 0 Å². The molecule has 1 aromatic heterocycles. The Kier molecular flexibility index (Phi) is 10.3. The Morgan fingerprint density at radius 1 is 0.160 bits per heavy atom. The summed E-state index contributed by atoms with van der Waals surface area (Å²) in [6, 6.07) is 109. The van der Waals surface area contributed by atoms with Crippen LogP contribution in [0.25, 0.3) is 173 Å². The van der Waals surface area contributed by atoms with Gasteiger partial charge in [0.05, 0.1) is 0 Å². The summed E-state index contributed by atoms with van der Waals surface area (Å²) in [5.41, 5.74) is 14.9. The van der Waals surface area contributed by atoms with Gasteiger partial charge >= 0.3 is 0 Å². The first kappa shape index (κ1) is 45.8. The molecule has 0 N–H and O–H groups in total. The van der Waals surface area contributed by atoms with E-state index < -0.39 is 0 Å². The minimum atomic E-state index is 1.20. The molecule has 0 unspecified atom stereocenters. The van der Waals surface area contributed by atoms with Crippen LogP contribution in [0.3, 0.4) is 0 Å². The van der Waals surface area contributed by atoms with Crippen molar-refractivity contribution in [3.63, 3.8) is 0 Å². The summed E-state index contributed by atoms with van der Waals surface area (Å²) in [5.74, 6) is 0. The van der Waals surface area contributed by atoms with E-state index >= 15 is 0 Å². The van der Waals surface area contributed by atoms with Crippen LogP contribution in [-0.2, 0) is 0 Å². The van der Waals surface area contributed by atoms with Gasteiger partial charge in [0.1, 0.15) is 0 Å². The fraction of sp³-hybridized carbons (Fsp3) is 0. The molecule has 16 aromatic carbocycles. The molecule has 0 aliphatic carbocycles. The normalized spacial score (nSPS) is 12.0. The van der Waals surface area contributed by atoms with E-state index in [0.29, 0.717) is 0 Å². The molecular weight excluding hydrogens is 993 g/mol. The number of thiophene rings is 1. The van der Waals surface area contributed by atoms with E-state index in [9.17, 15) is 0 Å². The van der Waals surface area contributed by atoms with Crippen LogP contribution in [0.15, 0.2) is 291 Å². The predicted molar refractivity (Wildman–Crippen MR) is 352 cm³/mol. The Bertz CT molecular complexity index is 5120. The lowest BCUT2D eigenvalue weighted by atomic mass is 9.82. The summed E-state index contributed by atoms with van der Waals surface area (Å²) in [6.45, 7) is 0. The smallest absolute Gasteiger partial charge is 0.0355 e. The van der Waals surface area contributed by atoms with Crippen molar-refractivity contribution in [2.75, 3.05) is 0 Å². The number of hydrogen-bond donors (Lipinski definition) is 0. The highest BCUT2D eigenvalue weighted by atomic mass is 32.1. The summed E-state index contributed by atoms with van der Waals surface area (Å²) in [6.07, 6.45) is 0. The molecule has 0 bridgehead atoms. The van der Waals surface area contributed by atoms with Crippen LogP contribution < -0.4 is 0 Å². The Morgan fingerprint density at radius 3 is 0.716 bits per heavy atom. The lowest BCUT2D eigenvalue weighted by Gasteiger charge is -2.20. The van der Waals surface area contributed by atoms with Gasteiger partial charge in [0.2, 0.25) is 0 Å². The van der Waals surface area contributed by atoms with Gasteiger partial charge < -0.3 is 0 Å². The highest BCUT2D eigenvalue weighted by molar-refractivity contribution is 7.25. The van der Waals surface area contributed by atoms with Gasteiger partial charge in [-0.25, -0.2) is 0 Å². The molecule has 0 radical (unpaired) electrons. The quantitative estimate of drug-likeness (QED) is 0.146. The summed E-state index contributed by atoms with van der Waals surface area (Å²) < 4.78 is 2.57. The van der Waals surface area contributed by atoms with Crippen molar-refractivity contribution < 1.29 is 0 Å². The molecule has 17 rings (SSSR count). The number of rotatable bonds is 6. The second-order valence-corrected chi connectivity index (χ2v) is 22.8. The van der Waals surface area contributed by atoms with Crippen molar-refractivity contribution >= 4 is 118 Å². The molecule has 0 fully saturated rings. The van der Waals surface area contributed by atoms with Crippen LogP contribution in [0, 0.1) is 0 Å². The van der Waals surface area contributed by atoms with E-state index in [1.165, 1.54) is 173 Å². The average Bonchev–Trinajstić information content (AvgIpc) is 4.07. The van der Waals surface area contributed by atoms with E-state index in [1.807, 2.05) is 11.3 Å². The predicted octanol–water partition coefficient (Wildman–Crippen LogP) is 23.3. The molecule has 0 saturated carbocycles. The molecule has 374 valence electrons. The van der Waals surface area contributed by atoms with Crippen molar-refractivity contribution in [2.45, 2.75) is 0 Å². The zero-order valence-electron chi connectivity index (χ0n) is 44.1. The molecular formula is C80H48S. The monoisotopic (exact) mass is 1040 g/mol. The molecule has 0 amide bonds. The fourth-order valence-corrected chi connectivity index (χ4v) is 14.9. The summed E-state index contributed by atoms with van der Waals surface area (Å²) in [4.78, 5) is 0. The summed E-state index contributed by atoms with van der Waals surface area (Å²) in [5, 5.41) is 22.6. The number of benzene rings is 16. The van der Waals surface area contributed by atoms with Gasteiger partial charge in [0.25, 0.3) is 0 Å². The minimum Gasteiger partial charge on any atom is -0.135 e. The maximum Gasteiger partial charge on any atom is 0.0355 e. The number of hydrogen-bond acceptors (Lipinski definition) is 1. The Morgan fingerprint density at radius 2 is 0.395 bits per heavy atom. The molecule has 0 saturated heterocycles. The lowest BCUT2D eigenvalue weighted by Crippen LogP contribution is -1.93. The van der Waals surface area contributed by atoms with Gasteiger partial charge in [-0.2, -0.15) is 0 Å². The maximum absolute atomic E-state index is 2.48. The topological polar surface area (TPSA) is 0 Å². The van der Waals surface area contributed by atoms with E-state index in [1.54, 1.807) is 0 Å². The van der Waals surface area contributed by atoms with Gasteiger partial charge in [-0.1, -0.05) is 255 Å². The van der Waals surface area contributed by atoms with Gasteiger partial charge in [-0.3, -0.25) is 0 Å². The van der Waals surface area contributed by atoms with E-state index in [-0.39, 0.29) is 0 Å². The van der Waals surface area contributed by atoms with Gasteiger partial charge in [-0.15, -0.1) is 11.3 Å². The first-order chi connectivity index (χ1) is 40.2. The highest BCUT2D eigenvalue weighted by Crippen LogP contribution is 2.51. The van der Waals surface area contributed by atoms with Crippen molar-refractivity contribution in [1.29, 1.82) is 0 Å². The van der Waals surface area contributed by atoms with Crippen molar-refractivity contribution in [1.82, 2.24) is 0 Å². The highest BCUT2D eigenvalue weighted by Gasteiger charge is 2.23. The zero-order valence-corrected chi connectivity index (χ0v) is 44.9. The maximum atomic E-state index is 2.48. The first-order valence-corrected chi connectivity index (χ1v) is 28.9. The third-order valence-electron chi connectivity index (χ3n) is 17.4. The van der Waals surface area contributed by atoms with Crippen molar-refractivity contribution in [3.8, 4) is 66.8 Å². The Hall–Kier alpha value is -10.2. The largest absolute Gasteiger partial charge is 0.135 e. The van der Waals surface area contributed by atoms with E-state index in [2.05, 4.69) is 291 Å². The number of fused-ring (bicyclic) bond motifs is 11. The standard InChI is InChI=1S/C80H48S/c1-5-25-57-49(17-1)21-13-33-61(57)77-65-29-9-11-31-67(65)79(63-35-15-23-51-19-3-7-27-59(51)63)73-47-53(37-41-69(73)77)55-39-43-75-71(45-55)72-46-56(40-44-76(72)81-75)54-38-42-70-74(48-54)80(64-36-16-24-52-20-4-8-28-60(52)64)68-32-12-10-30-66(68)78(70)62-34-14-22-50-18-2-6-26-58(50)62/h1-48H. The van der Waals surface area contributed by atoms with Crippen LogP contribution in [0.2, 0.25) is 0 Å². The van der Waals surface area contributed by atoms with Crippen LogP contribution in [-0.4, -0.2) is 0 Å². The average molecular weight is 1040 g/mol.